The second kappa shape index (κ2) is 7.47. The molecule has 2 fully saturated rings. The van der Waals surface area contributed by atoms with Gasteiger partial charge in [-0.05, 0) is 24.2 Å². The Hall–Kier alpha value is -0.690. The lowest BCUT2D eigenvalue weighted by Gasteiger charge is -2.40. The molecule has 0 radical (unpaired) electrons. The standard InChI is InChI=1S/C17H32N2O4/c1-17(2,3)8-15(22)19-6-4-12(5-7-19)9-18-10-13(20)16(23)14(21)11-18/h12-14,16,20-21,23H,4-11H2,1-3H3/t13-,14+,16?. The number of nitrogens with zero attached hydrogens (tertiary/aromatic N) is 2. The van der Waals surface area contributed by atoms with Gasteiger partial charge in [-0.3, -0.25) is 9.69 Å². The highest BCUT2D eigenvalue weighted by Gasteiger charge is 2.35. The van der Waals surface area contributed by atoms with Gasteiger partial charge < -0.3 is 20.2 Å². The van der Waals surface area contributed by atoms with Crippen LogP contribution in [0.3, 0.4) is 0 Å². The molecule has 2 aliphatic heterocycles. The van der Waals surface area contributed by atoms with Crippen LogP contribution in [0, 0.1) is 11.3 Å². The van der Waals surface area contributed by atoms with Gasteiger partial charge in [0.2, 0.25) is 5.91 Å². The Morgan fingerprint density at radius 3 is 2.04 bits per heavy atom. The normalized spacial score (nSPS) is 31.4. The molecule has 134 valence electrons. The molecule has 3 atom stereocenters. The Balaban J connectivity index is 1.76. The van der Waals surface area contributed by atoms with Crippen LogP contribution in [-0.4, -0.2) is 82.1 Å². The number of aliphatic hydroxyl groups excluding tert-OH is 3. The van der Waals surface area contributed by atoms with E-state index in [4.69, 9.17) is 0 Å². The Labute approximate surface area is 139 Å². The van der Waals surface area contributed by atoms with Crippen LogP contribution in [0.15, 0.2) is 0 Å². The molecular formula is C17H32N2O4. The van der Waals surface area contributed by atoms with Crippen molar-refractivity contribution in [2.24, 2.45) is 11.3 Å². The summed E-state index contributed by atoms with van der Waals surface area (Å²) in [6.45, 7) is 9.45. The zero-order valence-electron chi connectivity index (χ0n) is 14.6. The molecule has 0 bridgehead atoms. The molecule has 1 amide bonds. The summed E-state index contributed by atoms with van der Waals surface area (Å²) in [5.41, 5.74) is 0.0227. The summed E-state index contributed by atoms with van der Waals surface area (Å²) in [6.07, 6.45) is -0.301. The minimum Gasteiger partial charge on any atom is -0.389 e. The zero-order valence-corrected chi connectivity index (χ0v) is 14.6. The SMILES string of the molecule is CC(C)(C)CC(=O)N1CCC(CN2C[C@@H](O)C(O)[C@@H](O)C2)CC1. The summed E-state index contributed by atoms with van der Waals surface area (Å²) >= 11 is 0. The van der Waals surface area contributed by atoms with Crippen LogP contribution in [0.2, 0.25) is 0 Å². The van der Waals surface area contributed by atoms with Crippen molar-refractivity contribution in [3.05, 3.63) is 0 Å². The number of β-amino-alcohol motifs (C(OH)–C–C–N with tert-alkyl or cyclic N) is 2. The third kappa shape index (κ3) is 5.41. The number of hydrogen-bond donors (Lipinski definition) is 3. The Morgan fingerprint density at radius 2 is 1.57 bits per heavy atom. The van der Waals surface area contributed by atoms with Crippen LogP contribution < -0.4 is 0 Å². The topological polar surface area (TPSA) is 84.2 Å². The molecule has 2 saturated heterocycles. The van der Waals surface area contributed by atoms with Gasteiger partial charge in [-0.15, -0.1) is 0 Å². The van der Waals surface area contributed by atoms with Gasteiger partial charge in [0.25, 0.3) is 0 Å². The number of hydrogen-bond acceptors (Lipinski definition) is 5. The molecule has 6 nitrogen and oxygen atoms in total. The van der Waals surface area contributed by atoms with Crippen LogP contribution in [0.5, 0.6) is 0 Å². The Bertz CT molecular complexity index is 390. The minimum absolute atomic E-state index is 0.0227. The number of carbonyl (C=O) groups is 1. The van der Waals surface area contributed by atoms with E-state index in [0.29, 0.717) is 25.4 Å². The first-order chi connectivity index (χ1) is 10.7. The molecule has 23 heavy (non-hydrogen) atoms. The van der Waals surface area contributed by atoms with E-state index < -0.39 is 18.3 Å². The number of carbonyl (C=O) groups excluding carboxylic acids is 1. The summed E-state index contributed by atoms with van der Waals surface area (Å²) < 4.78 is 0. The van der Waals surface area contributed by atoms with Crippen molar-refractivity contribution < 1.29 is 20.1 Å². The van der Waals surface area contributed by atoms with Crippen LogP contribution in [0.1, 0.15) is 40.0 Å². The van der Waals surface area contributed by atoms with Gasteiger partial charge in [-0.1, -0.05) is 20.8 Å². The number of piperidine rings is 2. The maximum absolute atomic E-state index is 12.3. The Morgan fingerprint density at radius 1 is 1.04 bits per heavy atom. The largest absolute Gasteiger partial charge is 0.389 e. The molecule has 3 N–H and O–H groups in total. The molecule has 2 heterocycles. The molecule has 2 aliphatic rings. The summed E-state index contributed by atoms with van der Waals surface area (Å²) in [7, 11) is 0. The van der Waals surface area contributed by atoms with Gasteiger partial charge in [0.1, 0.15) is 6.10 Å². The number of likely N-dealkylation sites (tertiary alicyclic amines) is 2. The van der Waals surface area contributed by atoms with Gasteiger partial charge >= 0.3 is 0 Å². The quantitative estimate of drug-likeness (QED) is 0.682. The van der Waals surface area contributed by atoms with E-state index in [2.05, 4.69) is 20.8 Å². The molecule has 0 spiro atoms. The molecule has 0 aromatic heterocycles. The number of amides is 1. The lowest BCUT2D eigenvalue weighted by atomic mass is 9.90. The van der Waals surface area contributed by atoms with Crippen LogP contribution in [0.4, 0.5) is 0 Å². The second-order valence-electron chi connectivity index (χ2n) is 8.41. The number of rotatable bonds is 3. The summed E-state index contributed by atoms with van der Waals surface area (Å²) in [5, 5.41) is 29.1. The molecular weight excluding hydrogens is 296 g/mol. The van der Waals surface area contributed by atoms with Gasteiger partial charge in [0.15, 0.2) is 0 Å². The third-order valence-electron chi connectivity index (χ3n) is 4.84. The first-order valence-electron chi connectivity index (χ1n) is 8.70. The first kappa shape index (κ1) is 18.6. The van der Waals surface area contributed by atoms with E-state index in [1.165, 1.54) is 0 Å². The van der Waals surface area contributed by atoms with Crippen molar-refractivity contribution >= 4 is 5.91 Å². The van der Waals surface area contributed by atoms with Gasteiger partial charge in [0, 0.05) is 39.1 Å². The molecule has 1 unspecified atom stereocenters. The van der Waals surface area contributed by atoms with E-state index in [-0.39, 0.29) is 11.3 Å². The number of aliphatic hydroxyl groups is 3. The summed E-state index contributed by atoms with van der Waals surface area (Å²) in [6, 6.07) is 0. The lowest BCUT2D eigenvalue weighted by Crippen LogP contribution is -2.56. The highest BCUT2D eigenvalue weighted by Crippen LogP contribution is 2.24. The predicted octanol–water partition coefficient (Wildman–Crippen LogP) is 0.0595. The highest BCUT2D eigenvalue weighted by molar-refractivity contribution is 5.76. The monoisotopic (exact) mass is 328 g/mol. The third-order valence-corrected chi connectivity index (χ3v) is 4.84. The summed E-state index contributed by atoms with van der Waals surface area (Å²) in [5.74, 6) is 0.714. The van der Waals surface area contributed by atoms with Crippen molar-refractivity contribution in [3.63, 3.8) is 0 Å². The average Bonchev–Trinajstić information content (AvgIpc) is 2.43. The maximum atomic E-state index is 12.3. The van der Waals surface area contributed by atoms with Crippen LogP contribution in [0.25, 0.3) is 0 Å². The van der Waals surface area contributed by atoms with Gasteiger partial charge in [-0.2, -0.15) is 0 Å². The second-order valence-corrected chi connectivity index (χ2v) is 8.41. The van der Waals surface area contributed by atoms with Gasteiger partial charge in [0.05, 0.1) is 12.2 Å². The minimum atomic E-state index is -1.04. The first-order valence-corrected chi connectivity index (χ1v) is 8.70. The lowest BCUT2D eigenvalue weighted by molar-refractivity contribution is -0.135. The van der Waals surface area contributed by atoms with E-state index >= 15 is 0 Å². The molecule has 6 heteroatoms. The molecule has 0 aliphatic carbocycles. The van der Waals surface area contributed by atoms with Gasteiger partial charge in [-0.25, -0.2) is 0 Å². The van der Waals surface area contributed by atoms with Crippen molar-refractivity contribution in [2.75, 3.05) is 32.7 Å². The smallest absolute Gasteiger partial charge is 0.223 e. The van der Waals surface area contributed by atoms with E-state index in [0.717, 1.165) is 32.5 Å². The fraction of sp³-hybridized carbons (Fsp3) is 0.941. The van der Waals surface area contributed by atoms with Crippen molar-refractivity contribution in [1.82, 2.24) is 9.80 Å². The van der Waals surface area contributed by atoms with E-state index in [1.807, 2.05) is 9.80 Å². The molecule has 0 aromatic carbocycles. The van der Waals surface area contributed by atoms with Crippen LogP contribution >= 0.6 is 0 Å². The molecule has 0 aromatic rings. The van der Waals surface area contributed by atoms with E-state index in [1.54, 1.807) is 0 Å². The average molecular weight is 328 g/mol. The molecule has 0 saturated carbocycles. The van der Waals surface area contributed by atoms with E-state index in [9.17, 15) is 20.1 Å². The maximum Gasteiger partial charge on any atom is 0.223 e. The molecule has 2 rings (SSSR count). The van der Waals surface area contributed by atoms with Crippen molar-refractivity contribution in [1.29, 1.82) is 0 Å². The zero-order chi connectivity index (χ0) is 17.2. The Kier molecular flexibility index (Phi) is 6.05. The highest BCUT2D eigenvalue weighted by atomic mass is 16.4. The van der Waals surface area contributed by atoms with Crippen molar-refractivity contribution in [2.45, 2.75) is 58.3 Å². The fourth-order valence-corrected chi connectivity index (χ4v) is 3.52. The van der Waals surface area contributed by atoms with Crippen molar-refractivity contribution in [3.8, 4) is 0 Å². The predicted molar refractivity (Wildman–Crippen MR) is 87.8 cm³/mol. The summed E-state index contributed by atoms with van der Waals surface area (Å²) in [4.78, 5) is 16.2. The van der Waals surface area contributed by atoms with Crippen LogP contribution in [-0.2, 0) is 4.79 Å². The fourth-order valence-electron chi connectivity index (χ4n) is 3.52.